The molecule has 11 heteroatoms. The average molecular weight is 458 g/mol. The molecule has 2 aromatic rings. The van der Waals surface area contributed by atoms with Crippen molar-refractivity contribution in [3.05, 3.63) is 70.3 Å². The Balaban J connectivity index is 0.000000475. The van der Waals surface area contributed by atoms with Gasteiger partial charge in [-0.25, -0.2) is 4.79 Å². The van der Waals surface area contributed by atoms with Crippen LogP contribution >= 0.6 is 23.2 Å². The molecule has 0 saturated carbocycles. The lowest BCUT2D eigenvalue weighted by molar-refractivity contribution is -0.384. The standard InChI is InChI=1S/C11H16N2O2.C6H5NO2.C2Cl2O2/c1-3-12-11(14)13-8-9-4-6-10(15-2)7-5-9;8-7(9)6-4-2-1-3-5-6;3-1(5)2(4)6/h4-7H,3,8H2,1-2H3,(H2,12,13,14);1-5H;. The van der Waals surface area contributed by atoms with Crippen LogP contribution in [0.1, 0.15) is 12.5 Å². The summed E-state index contributed by atoms with van der Waals surface area (Å²) in [5.74, 6) is 0.816. The molecule has 0 aliphatic heterocycles. The third-order valence-corrected chi connectivity index (χ3v) is 3.51. The van der Waals surface area contributed by atoms with E-state index in [1.807, 2.05) is 31.2 Å². The van der Waals surface area contributed by atoms with Crippen LogP contribution in [0.15, 0.2) is 54.6 Å². The number of nitrogens with zero attached hydrogens (tertiary/aromatic N) is 1. The highest BCUT2D eigenvalue weighted by Crippen LogP contribution is 2.10. The van der Waals surface area contributed by atoms with Gasteiger partial charge in [-0.1, -0.05) is 30.3 Å². The maximum absolute atomic E-state index is 11.1. The summed E-state index contributed by atoms with van der Waals surface area (Å²) in [4.78, 5) is 39.5. The van der Waals surface area contributed by atoms with Crippen molar-refractivity contribution in [3.63, 3.8) is 0 Å². The number of non-ortho nitro benzene ring substituents is 1. The number of amides is 2. The first kappa shape index (κ1) is 26.8. The lowest BCUT2D eigenvalue weighted by atomic mass is 10.2. The molecule has 0 aromatic heterocycles. The Kier molecular flexibility index (Phi) is 14.1. The van der Waals surface area contributed by atoms with E-state index in [0.29, 0.717) is 13.1 Å². The monoisotopic (exact) mass is 457 g/mol. The van der Waals surface area contributed by atoms with Crippen LogP contribution in [0.5, 0.6) is 5.75 Å². The minimum atomic E-state index is -1.14. The predicted octanol–water partition coefficient (Wildman–Crippen LogP) is 3.63. The summed E-state index contributed by atoms with van der Waals surface area (Å²) in [5, 5.41) is 13.1. The summed E-state index contributed by atoms with van der Waals surface area (Å²) in [5.41, 5.74) is 1.18. The second-order valence-corrected chi connectivity index (χ2v) is 5.89. The van der Waals surface area contributed by atoms with Crippen LogP contribution in [-0.2, 0) is 16.1 Å². The summed E-state index contributed by atoms with van der Waals surface area (Å²) in [7, 11) is 1.63. The Morgan fingerprint density at radius 1 is 0.967 bits per heavy atom. The second kappa shape index (κ2) is 15.7. The number of urea groups is 1. The predicted molar refractivity (Wildman–Crippen MR) is 114 cm³/mol. The van der Waals surface area contributed by atoms with Crippen LogP contribution in [0.4, 0.5) is 10.5 Å². The Labute approximate surface area is 183 Å². The summed E-state index contributed by atoms with van der Waals surface area (Å²) >= 11 is 8.98. The molecular weight excluding hydrogens is 437 g/mol. The Bertz CT molecular complexity index is 805. The zero-order valence-electron chi connectivity index (χ0n) is 16.3. The van der Waals surface area contributed by atoms with Crippen molar-refractivity contribution in [1.82, 2.24) is 10.6 Å². The smallest absolute Gasteiger partial charge is 0.315 e. The van der Waals surface area contributed by atoms with Crippen molar-refractivity contribution >= 4 is 45.4 Å². The number of para-hydroxylation sites is 1. The molecule has 0 fully saturated rings. The van der Waals surface area contributed by atoms with Crippen molar-refractivity contribution in [2.45, 2.75) is 13.5 Å². The maximum atomic E-state index is 11.1. The number of nitrogens with one attached hydrogen (secondary N) is 2. The van der Waals surface area contributed by atoms with Gasteiger partial charge >= 0.3 is 16.5 Å². The van der Waals surface area contributed by atoms with Gasteiger partial charge < -0.3 is 15.4 Å². The van der Waals surface area contributed by atoms with E-state index in [0.717, 1.165) is 11.3 Å². The van der Waals surface area contributed by atoms with Gasteiger partial charge in [0.05, 0.1) is 12.0 Å². The maximum Gasteiger partial charge on any atom is 0.315 e. The quantitative estimate of drug-likeness (QED) is 0.295. The lowest BCUT2D eigenvalue weighted by Gasteiger charge is -2.06. The Hall–Kier alpha value is -3.17. The van der Waals surface area contributed by atoms with Crippen LogP contribution in [-0.4, -0.2) is 35.1 Å². The number of benzene rings is 2. The van der Waals surface area contributed by atoms with Gasteiger partial charge in [0.15, 0.2) is 0 Å². The first-order chi connectivity index (χ1) is 14.2. The fraction of sp³-hybridized carbons (Fsp3) is 0.211. The molecule has 2 aromatic carbocycles. The first-order valence-corrected chi connectivity index (χ1v) is 9.20. The molecular formula is C19H21Cl2N3O6. The van der Waals surface area contributed by atoms with Crippen molar-refractivity contribution in [3.8, 4) is 5.75 Å². The molecule has 2 amide bonds. The van der Waals surface area contributed by atoms with Gasteiger partial charge in [0, 0.05) is 25.2 Å². The summed E-state index contributed by atoms with van der Waals surface area (Å²) < 4.78 is 5.03. The molecule has 0 unspecified atom stereocenters. The Morgan fingerprint density at radius 2 is 1.50 bits per heavy atom. The normalized spacial score (nSPS) is 8.93. The topological polar surface area (TPSA) is 128 Å². The number of nitro benzene ring substituents is 1. The number of hydrogen-bond acceptors (Lipinski definition) is 6. The highest BCUT2D eigenvalue weighted by molar-refractivity contribution is 6.97. The summed E-state index contributed by atoms with van der Waals surface area (Å²) in [6.45, 7) is 3.04. The molecule has 2 rings (SSSR count). The molecule has 30 heavy (non-hydrogen) atoms. The zero-order valence-corrected chi connectivity index (χ0v) is 17.8. The molecule has 0 radical (unpaired) electrons. The van der Waals surface area contributed by atoms with Gasteiger partial charge in [0.25, 0.3) is 5.69 Å². The molecule has 162 valence electrons. The molecule has 2 N–H and O–H groups in total. The highest BCUT2D eigenvalue weighted by Gasteiger charge is 2.02. The van der Waals surface area contributed by atoms with Gasteiger partial charge in [0.1, 0.15) is 5.75 Å². The number of halogens is 2. The zero-order chi connectivity index (χ0) is 22.9. The third-order valence-electron chi connectivity index (χ3n) is 3.07. The van der Waals surface area contributed by atoms with Crippen LogP contribution in [0.3, 0.4) is 0 Å². The lowest BCUT2D eigenvalue weighted by Crippen LogP contribution is -2.34. The van der Waals surface area contributed by atoms with Crippen LogP contribution in [0, 0.1) is 10.1 Å². The van der Waals surface area contributed by atoms with Gasteiger partial charge in [-0.15, -0.1) is 0 Å². The van der Waals surface area contributed by atoms with Gasteiger partial charge in [-0.2, -0.15) is 0 Å². The highest BCUT2D eigenvalue weighted by atomic mass is 35.5. The minimum Gasteiger partial charge on any atom is -0.497 e. The number of carbonyl (C=O) groups excluding carboxylic acids is 3. The number of hydrogen-bond donors (Lipinski definition) is 2. The molecule has 0 aliphatic carbocycles. The van der Waals surface area contributed by atoms with Crippen molar-refractivity contribution < 1.29 is 24.0 Å². The minimum absolute atomic E-state index is 0.137. The van der Waals surface area contributed by atoms with Crippen molar-refractivity contribution in [2.24, 2.45) is 0 Å². The molecule has 0 atom stereocenters. The van der Waals surface area contributed by atoms with E-state index in [9.17, 15) is 24.5 Å². The molecule has 0 heterocycles. The van der Waals surface area contributed by atoms with E-state index in [1.165, 1.54) is 12.1 Å². The van der Waals surface area contributed by atoms with Crippen molar-refractivity contribution in [2.75, 3.05) is 13.7 Å². The number of carbonyl (C=O) groups is 3. The number of ether oxygens (including phenoxy) is 1. The van der Waals surface area contributed by atoms with Crippen LogP contribution in [0.2, 0.25) is 0 Å². The summed E-state index contributed by atoms with van der Waals surface area (Å²) in [6, 6.07) is 15.4. The fourth-order valence-corrected chi connectivity index (χ4v) is 1.70. The van der Waals surface area contributed by atoms with E-state index in [-0.39, 0.29) is 11.7 Å². The van der Waals surface area contributed by atoms with E-state index >= 15 is 0 Å². The number of methoxy groups -OCH3 is 1. The van der Waals surface area contributed by atoms with Crippen LogP contribution in [0.25, 0.3) is 0 Å². The molecule has 0 saturated heterocycles. The molecule has 9 nitrogen and oxygen atoms in total. The van der Waals surface area contributed by atoms with Gasteiger partial charge in [-0.05, 0) is 47.8 Å². The molecule has 0 bridgehead atoms. The van der Waals surface area contributed by atoms with Crippen molar-refractivity contribution in [1.29, 1.82) is 0 Å². The van der Waals surface area contributed by atoms with Gasteiger partial charge in [0.2, 0.25) is 0 Å². The van der Waals surface area contributed by atoms with Crippen LogP contribution < -0.4 is 15.4 Å². The second-order valence-electron chi connectivity index (χ2n) is 5.20. The first-order valence-electron chi connectivity index (χ1n) is 8.44. The van der Waals surface area contributed by atoms with E-state index in [1.54, 1.807) is 25.3 Å². The number of rotatable bonds is 6. The Morgan fingerprint density at radius 3 is 1.87 bits per heavy atom. The largest absolute Gasteiger partial charge is 0.497 e. The third kappa shape index (κ3) is 13.1. The fourth-order valence-electron chi connectivity index (χ4n) is 1.70. The average Bonchev–Trinajstić information content (AvgIpc) is 2.74. The number of nitro groups is 1. The SMILES string of the molecule is CCNC(=O)NCc1ccc(OC)cc1.O=C(Cl)C(=O)Cl.O=[N+]([O-])c1ccccc1. The van der Waals surface area contributed by atoms with E-state index in [2.05, 4.69) is 33.8 Å². The van der Waals surface area contributed by atoms with E-state index < -0.39 is 15.4 Å². The van der Waals surface area contributed by atoms with Gasteiger partial charge in [-0.3, -0.25) is 19.7 Å². The molecule has 0 aliphatic rings. The molecule has 0 spiro atoms. The van der Waals surface area contributed by atoms with E-state index in [4.69, 9.17) is 4.74 Å². The summed E-state index contributed by atoms with van der Waals surface area (Å²) in [6.07, 6.45) is 0.